The molecular formula is C12H18IN. The third-order valence-corrected chi connectivity index (χ3v) is 3.55. The zero-order valence-electron chi connectivity index (χ0n) is 9.13. The Hall–Kier alpha value is -0.0900. The topological polar surface area (TPSA) is 0 Å². The zero-order valence-corrected chi connectivity index (χ0v) is 11.3. The quantitative estimate of drug-likeness (QED) is 0.452. The van der Waals surface area contributed by atoms with Crippen LogP contribution in [-0.2, 0) is 6.42 Å². The van der Waals surface area contributed by atoms with Crippen molar-refractivity contribution in [3.8, 4) is 0 Å². The molecular weight excluding hydrogens is 285 g/mol. The average molecular weight is 303 g/mol. The Labute approximate surface area is 104 Å². The van der Waals surface area contributed by atoms with Gasteiger partial charge in [-0.15, -0.1) is 0 Å². The van der Waals surface area contributed by atoms with Gasteiger partial charge in [-0.25, -0.2) is 0 Å². The number of rotatable bonds is 0. The van der Waals surface area contributed by atoms with Crippen LogP contribution in [0.25, 0.3) is 0 Å². The van der Waals surface area contributed by atoms with E-state index < -0.39 is 0 Å². The third-order valence-electron chi connectivity index (χ3n) is 3.55. The summed E-state index contributed by atoms with van der Waals surface area (Å²) in [5, 5.41) is 0. The molecule has 1 heterocycles. The van der Waals surface area contributed by atoms with Crippen LogP contribution in [0.1, 0.15) is 18.9 Å². The van der Waals surface area contributed by atoms with E-state index in [0.717, 1.165) is 10.5 Å². The molecule has 14 heavy (non-hydrogen) atoms. The van der Waals surface area contributed by atoms with Gasteiger partial charge in [0.05, 0.1) is 20.1 Å². The van der Waals surface area contributed by atoms with E-state index in [1.807, 2.05) is 0 Å². The maximum Gasteiger partial charge on any atom is 0.135 e. The number of nitrogens with zero attached hydrogens (tertiary/aromatic N) is 1. The van der Waals surface area contributed by atoms with Crippen molar-refractivity contribution in [2.24, 2.45) is 0 Å². The van der Waals surface area contributed by atoms with Crippen molar-refractivity contribution in [1.82, 2.24) is 4.48 Å². The van der Waals surface area contributed by atoms with Gasteiger partial charge in [-0.3, -0.25) is 4.48 Å². The fraction of sp³-hybridized carbons (Fsp3) is 0.500. The second kappa shape index (κ2) is 4.19. The molecule has 1 atom stereocenters. The van der Waals surface area contributed by atoms with Gasteiger partial charge in [0.15, 0.2) is 0 Å². The molecule has 1 aliphatic heterocycles. The molecule has 2 heteroatoms. The van der Waals surface area contributed by atoms with Crippen molar-refractivity contribution in [2.45, 2.75) is 25.8 Å². The van der Waals surface area contributed by atoms with E-state index in [2.05, 4.69) is 45.3 Å². The molecule has 0 bridgehead atoms. The predicted molar refractivity (Wildman–Crippen MR) is 57.9 cm³/mol. The van der Waals surface area contributed by atoms with Gasteiger partial charge < -0.3 is 24.0 Å². The van der Waals surface area contributed by atoms with Crippen LogP contribution in [0.15, 0.2) is 24.3 Å². The lowest BCUT2D eigenvalue weighted by Crippen LogP contribution is -3.00. The SMILES string of the molecule is CC1CCc2ccccc2[N+]1(C)C.[I-]. The molecule has 1 unspecified atom stereocenters. The number of halogens is 1. The van der Waals surface area contributed by atoms with E-state index in [1.54, 1.807) is 0 Å². The first-order chi connectivity index (χ1) is 6.12. The summed E-state index contributed by atoms with van der Waals surface area (Å²) in [6.45, 7) is 2.34. The highest BCUT2D eigenvalue weighted by atomic mass is 127. The highest BCUT2D eigenvalue weighted by molar-refractivity contribution is 5.52. The molecule has 0 amide bonds. The molecule has 1 aromatic rings. The molecule has 1 nitrogen and oxygen atoms in total. The molecule has 2 rings (SSSR count). The largest absolute Gasteiger partial charge is 1.00 e. The van der Waals surface area contributed by atoms with Crippen LogP contribution in [0.5, 0.6) is 0 Å². The molecule has 1 aromatic carbocycles. The molecule has 78 valence electrons. The van der Waals surface area contributed by atoms with Crippen LogP contribution in [0.3, 0.4) is 0 Å². The summed E-state index contributed by atoms with van der Waals surface area (Å²) in [7, 11) is 4.62. The lowest BCUT2D eigenvalue weighted by Gasteiger charge is -2.40. The van der Waals surface area contributed by atoms with Gasteiger partial charge in [-0.2, -0.15) is 0 Å². The summed E-state index contributed by atoms with van der Waals surface area (Å²) in [6.07, 6.45) is 2.56. The third kappa shape index (κ3) is 1.82. The minimum Gasteiger partial charge on any atom is -1.00 e. The Morgan fingerprint density at radius 2 is 1.86 bits per heavy atom. The van der Waals surface area contributed by atoms with E-state index in [9.17, 15) is 0 Å². The van der Waals surface area contributed by atoms with Crippen LogP contribution in [-0.4, -0.2) is 20.1 Å². The van der Waals surface area contributed by atoms with E-state index in [4.69, 9.17) is 0 Å². The fourth-order valence-electron chi connectivity index (χ4n) is 2.21. The van der Waals surface area contributed by atoms with Gasteiger partial charge in [0.25, 0.3) is 0 Å². The van der Waals surface area contributed by atoms with Crippen molar-refractivity contribution in [3.63, 3.8) is 0 Å². The molecule has 0 N–H and O–H groups in total. The highest BCUT2D eigenvalue weighted by Crippen LogP contribution is 2.33. The van der Waals surface area contributed by atoms with E-state index >= 15 is 0 Å². The summed E-state index contributed by atoms with van der Waals surface area (Å²) in [4.78, 5) is 0. The molecule has 0 radical (unpaired) electrons. The number of hydrogen-bond acceptors (Lipinski definition) is 0. The first-order valence-corrected chi connectivity index (χ1v) is 5.04. The average Bonchev–Trinajstić information content (AvgIpc) is 2.13. The second-order valence-corrected chi connectivity index (χ2v) is 4.56. The first kappa shape index (κ1) is 12.0. The van der Waals surface area contributed by atoms with Crippen LogP contribution >= 0.6 is 0 Å². The normalized spacial score (nSPS) is 23.5. The van der Waals surface area contributed by atoms with Gasteiger partial charge in [0.2, 0.25) is 0 Å². The maximum atomic E-state index is 2.34. The van der Waals surface area contributed by atoms with Crippen molar-refractivity contribution < 1.29 is 24.0 Å². The second-order valence-electron chi connectivity index (χ2n) is 4.56. The molecule has 0 saturated carbocycles. The van der Waals surface area contributed by atoms with Gasteiger partial charge in [-0.05, 0) is 19.4 Å². The molecule has 0 spiro atoms. The Kier molecular flexibility index (Phi) is 3.58. The van der Waals surface area contributed by atoms with Crippen molar-refractivity contribution in [3.05, 3.63) is 29.8 Å². The van der Waals surface area contributed by atoms with Crippen molar-refractivity contribution >= 4 is 5.69 Å². The van der Waals surface area contributed by atoms with E-state index in [-0.39, 0.29) is 24.0 Å². The molecule has 0 fully saturated rings. The van der Waals surface area contributed by atoms with Gasteiger partial charge in [0, 0.05) is 12.0 Å². The number of aryl methyl sites for hydroxylation is 1. The Balaban J connectivity index is 0.000000980. The number of hydrogen-bond donors (Lipinski definition) is 0. The molecule has 0 aliphatic carbocycles. The molecule has 0 saturated heterocycles. The van der Waals surface area contributed by atoms with Crippen LogP contribution in [0, 0.1) is 0 Å². The lowest BCUT2D eigenvalue weighted by molar-refractivity contribution is -0.00000284. The van der Waals surface area contributed by atoms with Crippen molar-refractivity contribution in [2.75, 3.05) is 14.1 Å². The molecule has 0 aromatic heterocycles. The predicted octanol–water partition coefficient (Wildman–Crippen LogP) is -0.408. The number of fused-ring (bicyclic) bond motifs is 1. The minimum atomic E-state index is 0. The Morgan fingerprint density at radius 1 is 1.21 bits per heavy atom. The van der Waals surface area contributed by atoms with Gasteiger partial charge >= 0.3 is 0 Å². The summed E-state index contributed by atoms with van der Waals surface area (Å²) in [5.41, 5.74) is 3.03. The smallest absolute Gasteiger partial charge is 0.135 e. The van der Waals surface area contributed by atoms with Crippen LogP contribution < -0.4 is 28.5 Å². The number of benzene rings is 1. The van der Waals surface area contributed by atoms with Gasteiger partial charge in [-0.1, -0.05) is 18.2 Å². The standard InChI is InChI=1S/C12H18N.HI/c1-10-8-9-11-6-4-5-7-12(11)13(10,2)3;/h4-7,10H,8-9H2,1-3H3;1H/q+1;/p-1. The van der Waals surface area contributed by atoms with Gasteiger partial charge in [0.1, 0.15) is 5.69 Å². The van der Waals surface area contributed by atoms with E-state index in [1.165, 1.54) is 24.1 Å². The minimum absolute atomic E-state index is 0. The zero-order chi connectivity index (χ0) is 9.47. The number of quaternary nitrogens is 1. The van der Waals surface area contributed by atoms with Crippen LogP contribution in [0.2, 0.25) is 0 Å². The number of para-hydroxylation sites is 1. The summed E-state index contributed by atoms with van der Waals surface area (Å²) in [6, 6.07) is 9.58. The Morgan fingerprint density at radius 3 is 2.57 bits per heavy atom. The van der Waals surface area contributed by atoms with E-state index in [0.29, 0.717) is 0 Å². The van der Waals surface area contributed by atoms with Crippen LogP contribution in [0.4, 0.5) is 5.69 Å². The summed E-state index contributed by atoms with van der Waals surface area (Å²) in [5.74, 6) is 0. The summed E-state index contributed by atoms with van der Waals surface area (Å²) < 4.78 is 1.04. The molecule has 1 aliphatic rings. The summed E-state index contributed by atoms with van der Waals surface area (Å²) >= 11 is 0. The first-order valence-electron chi connectivity index (χ1n) is 5.04. The Bertz CT molecular complexity index is 320. The fourth-order valence-corrected chi connectivity index (χ4v) is 2.21. The maximum absolute atomic E-state index is 2.34. The highest BCUT2D eigenvalue weighted by Gasteiger charge is 2.32. The van der Waals surface area contributed by atoms with Crippen molar-refractivity contribution in [1.29, 1.82) is 0 Å². The lowest BCUT2D eigenvalue weighted by atomic mass is 9.95. The monoisotopic (exact) mass is 303 g/mol.